The first kappa shape index (κ1) is 17.1. The van der Waals surface area contributed by atoms with Gasteiger partial charge in [-0.1, -0.05) is 28.1 Å². The lowest BCUT2D eigenvalue weighted by molar-refractivity contribution is -0.385. The first-order chi connectivity index (χ1) is 11.0. The summed E-state index contributed by atoms with van der Waals surface area (Å²) in [6, 6.07) is 7.71. The number of benzene rings is 1. The predicted molar refractivity (Wildman–Crippen MR) is 88.8 cm³/mol. The van der Waals surface area contributed by atoms with Crippen LogP contribution in [0.15, 0.2) is 41.1 Å². The summed E-state index contributed by atoms with van der Waals surface area (Å²) in [6.07, 6.45) is 3.48. The maximum Gasteiger partial charge on any atom is 0.306 e. The number of nitrogens with zero attached hydrogens (tertiary/aromatic N) is 3. The van der Waals surface area contributed by atoms with Crippen molar-refractivity contribution in [2.24, 2.45) is 0 Å². The van der Waals surface area contributed by atoms with Gasteiger partial charge in [0.05, 0.1) is 11.0 Å². The highest BCUT2D eigenvalue weighted by Crippen LogP contribution is 2.16. The molecule has 122 valence electrons. The SMILES string of the molecule is CC(NC(=O)CCCn1cc([N+](=O)[O-])cn1)c1ccc(Br)cc1. The van der Waals surface area contributed by atoms with Gasteiger partial charge in [0, 0.05) is 17.4 Å². The quantitative estimate of drug-likeness (QED) is 0.589. The molecule has 1 atom stereocenters. The number of aromatic nitrogens is 2. The Labute approximate surface area is 142 Å². The van der Waals surface area contributed by atoms with Crippen molar-refractivity contribution < 1.29 is 9.72 Å². The summed E-state index contributed by atoms with van der Waals surface area (Å²) >= 11 is 3.37. The number of rotatable bonds is 7. The fraction of sp³-hybridized carbons (Fsp3) is 0.333. The van der Waals surface area contributed by atoms with Gasteiger partial charge in [-0.25, -0.2) is 0 Å². The van der Waals surface area contributed by atoms with Crippen LogP contribution in [0.2, 0.25) is 0 Å². The molecule has 1 aromatic carbocycles. The number of carbonyl (C=O) groups is 1. The van der Waals surface area contributed by atoms with E-state index >= 15 is 0 Å². The van der Waals surface area contributed by atoms with Crippen LogP contribution in [0.25, 0.3) is 0 Å². The Hall–Kier alpha value is -2.22. The summed E-state index contributed by atoms with van der Waals surface area (Å²) in [7, 11) is 0. The normalized spacial score (nSPS) is 11.9. The van der Waals surface area contributed by atoms with Crippen LogP contribution in [-0.2, 0) is 11.3 Å². The second kappa shape index (κ2) is 7.87. The van der Waals surface area contributed by atoms with Crippen LogP contribution in [0.5, 0.6) is 0 Å². The van der Waals surface area contributed by atoms with Gasteiger partial charge in [-0.05, 0) is 31.0 Å². The lowest BCUT2D eigenvalue weighted by Crippen LogP contribution is -2.26. The van der Waals surface area contributed by atoms with E-state index in [2.05, 4.69) is 26.3 Å². The van der Waals surface area contributed by atoms with E-state index in [1.54, 1.807) is 0 Å². The molecule has 0 aliphatic rings. The van der Waals surface area contributed by atoms with Crippen LogP contribution in [0.3, 0.4) is 0 Å². The molecule has 1 amide bonds. The average molecular weight is 381 g/mol. The standard InChI is InChI=1S/C15H17BrN4O3/c1-11(12-4-6-13(16)7-5-12)18-15(21)3-2-8-19-10-14(9-17-19)20(22)23/h4-7,9-11H,2-3,8H2,1H3,(H,18,21). The van der Waals surface area contributed by atoms with E-state index < -0.39 is 4.92 Å². The lowest BCUT2D eigenvalue weighted by Gasteiger charge is -2.14. The monoisotopic (exact) mass is 380 g/mol. The van der Waals surface area contributed by atoms with Crippen molar-refractivity contribution in [3.05, 3.63) is 56.8 Å². The number of halogens is 1. The Morgan fingerprint density at radius 2 is 2.13 bits per heavy atom. The Morgan fingerprint density at radius 1 is 1.43 bits per heavy atom. The molecular weight excluding hydrogens is 364 g/mol. The summed E-state index contributed by atoms with van der Waals surface area (Å²) in [5.74, 6) is -0.0536. The number of amides is 1. The summed E-state index contributed by atoms with van der Waals surface area (Å²) in [5.41, 5.74) is 0.988. The molecule has 0 fully saturated rings. The van der Waals surface area contributed by atoms with E-state index in [0.717, 1.165) is 10.0 Å². The van der Waals surface area contributed by atoms with Gasteiger partial charge >= 0.3 is 5.69 Å². The van der Waals surface area contributed by atoms with Crippen molar-refractivity contribution in [1.82, 2.24) is 15.1 Å². The van der Waals surface area contributed by atoms with Crippen molar-refractivity contribution >= 4 is 27.5 Å². The number of nitro groups is 1. The third kappa shape index (κ3) is 5.17. The molecule has 0 saturated heterocycles. The van der Waals surface area contributed by atoms with E-state index in [1.807, 2.05) is 31.2 Å². The molecule has 1 N–H and O–H groups in total. The molecule has 0 aliphatic heterocycles. The number of hydrogen-bond acceptors (Lipinski definition) is 4. The molecule has 8 heteroatoms. The second-order valence-electron chi connectivity index (χ2n) is 5.16. The van der Waals surface area contributed by atoms with E-state index in [-0.39, 0.29) is 17.6 Å². The maximum atomic E-state index is 11.9. The molecule has 2 rings (SSSR count). The van der Waals surface area contributed by atoms with E-state index in [4.69, 9.17) is 0 Å². The fourth-order valence-electron chi connectivity index (χ4n) is 2.12. The molecule has 0 aliphatic carbocycles. The smallest absolute Gasteiger partial charge is 0.306 e. The highest BCUT2D eigenvalue weighted by molar-refractivity contribution is 9.10. The Kier molecular flexibility index (Phi) is 5.86. The third-order valence-electron chi connectivity index (χ3n) is 3.37. The van der Waals surface area contributed by atoms with Crippen LogP contribution < -0.4 is 5.32 Å². The minimum absolute atomic E-state index is 0.0432. The summed E-state index contributed by atoms with van der Waals surface area (Å²) in [5, 5.41) is 17.4. The Bertz CT molecular complexity index is 684. The molecule has 7 nitrogen and oxygen atoms in total. The summed E-state index contributed by atoms with van der Waals surface area (Å²) < 4.78 is 2.47. The highest BCUT2D eigenvalue weighted by atomic mass is 79.9. The van der Waals surface area contributed by atoms with Gasteiger partial charge in [-0.2, -0.15) is 5.10 Å². The zero-order valence-electron chi connectivity index (χ0n) is 12.6. The van der Waals surface area contributed by atoms with Crippen molar-refractivity contribution in [2.75, 3.05) is 0 Å². The van der Waals surface area contributed by atoms with Crippen LogP contribution in [-0.4, -0.2) is 20.6 Å². The van der Waals surface area contributed by atoms with Crippen molar-refractivity contribution in [1.29, 1.82) is 0 Å². The predicted octanol–water partition coefficient (Wildman–Crippen LogP) is 3.21. The van der Waals surface area contributed by atoms with Crippen LogP contribution in [0.4, 0.5) is 5.69 Å². The molecule has 0 spiro atoms. The van der Waals surface area contributed by atoms with Crippen LogP contribution >= 0.6 is 15.9 Å². The molecule has 0 bridgehead atoms. The first-order valence-electron chi connectivity index (χ1n) is 7.17. The van der Waals surface area contributed by atoms with Gasteiger partial charge in [0.15, 0.2) is 0 Å². The number of aryl methyl sites for hydroxylation is 1. The molecule has 0 saturated carbocycles. The van der Waals surface area contributed by atoms with Crippen LogP contribution in [0, 0.1) is 10.1 Å². The zero-order valence-corrected chi connectivity index (χ0v) is 14.2. The number of carbonyl (C=O) groups excluding carboxylic acids is 1. The maximum absolute atomic E-state index is 11.9. The minimum Gasteiger partial charge on any atom is -0.350 e. The molecular formula is C15H17BrN4O3. The third-order valence-corrected chi connectivity index (χ3v) is 3.90. The van der Waals surface area contributed by atoms with Crippen molar-refractivity contribution in [3.63, 3.8) is 0 Å². The van der Waals surface area contributed by atoms with Crippen LogP contribution in [0.1, 0.15) is 31.4 Å². The number of hydrogen-bond donors (Lipinski definition) is 1. The van der Waals surface area contributed by atoms with E-state index in [0.29, 0.717) is 19.4 Å². The molecule has 1 heterocycles. The summed E-state index contributed by atoms with van der Waals surface area (Å²) in [6.45, 7) is 2.39. The highest BCUT2D eigenvalue weighted by Gasteiger charge is 2.11. The fourth-order valence-corrected chi connectivity index (χ4v) is 2.38. The summed E-state index contributed by atoms with van der Waals surface area (Å²) in [4.78, 5) is 22.0. The Balaban J connectivity index is 1.76. The van der Waals surface area contributed by atoms with Gasteiger partial charge in [0.2, 0.25) is 5.91 Å². The number of nitrogens with one attached hydrogen (secondary N) is 1. The van der Waals surface area contributed by atoms with Gasteiger partial charge < -0.3 is 5.32 Å². The largest absolute Gasteiger partial charge is 0.350 e. The average Bonchev–Trinajstić information content (AvgIpc) is 2.97. The van der Waals surface area contributed by atoms with E-state index in [1.165, 1.54) is 17.1 Å². The first-order valence-corrected chi connectivity index (χ1v) is 7.96. The molecule has 1 unspecified atom stereocenters. The van der Waals surface area contributed by atoms with Crippen molar-refractivity contribution in [3.8, 4) is 0 Å². The van der Waals surface area contributed by atoms with Gasteiger partial charge in [-0.3, -0.25) is 19.6 Å². The van der Waals surface area contributed by atoms with Crippen molar-refractivity contribution in [2.45, 2.75) is 32.4 Å². The second-order valence-corrected chi connectivity index (χ2v) is 6.08. The Morgan fingerprint density at radius 3 is 2.74 bits per heavy atom. The minimum atomic E-state index is -0.490. The van der Waals surface area contributed by atoms with E-state index in [9.17, 15) is 14.9 Å². The van der Waals surface area contributed by atoms with Gasteiger partial charge in [0.1, 0.15) is 12.4 Å². The zero-order chi connectivity index (χ0) is 16.8. The molecule has 0 radical (unpaired) electrons. The molecule has 2 aromatic rings. The topological polar surface area (TPSA) is 90.1 Å². The van der Waals surface area contributed by atoms with Gasteiger partial charge in [-0.15, -0.1) is 0 Å². The molecule has 1 aromatic heterocycles. The molecule has 23 heavy (non-hydrogen) atoms. The lowest BCUT2D eigenvalue weighted by atomic mass is 10.1. The van der Waals surface area contributed by atoms with Gasteiger partial charge in [0.25, 0.3) is 0 Å².